The summed E-state index contributed by atoms with van der Waals surface area (Å²) in [7, 11) is 0. The van der Waals surface area contributed by atoms with Gasteiger partial charge in [-0.15, -0.1) is 18.8 Å². The zero-order valence-corrected chi connectivity index (χ0v) is 10.2. The molecular weight excluding hydrogens is 218 g/mol. The van der Waals surface area contributed by atoms with Crippen molar-refractivity contribution in [2.75, 3.05) is 0 Å². The van der Waals surface area contributed by atoms with Crippen molar-refractivity contribution in [1.29, 1.82) is 0 Å². The zero-order valence-electron chi connectivity index (χ0n) is 10.2. The molecule has 3 rings (SSSR count). The highest BCUT2D eigenvalue weighted by Gasteiger charge is 2.02. The second-order valence-electron chi connectivity index (χ2n) is 3.86. The van der Waals surface area contributed by atoms with Gasteiger partial charge >= 0.3 is 0 Å². The number of aromatic nitrogens is 1. The van der Waals surface area contributed by atoms with E-state index < -0.39 is 0 Å². The van der Waals surface area contributed by atoms with E-state index in [1.54, 1.807) is 6.92 Å². The molecule has 0 unspecified atom stereocenters. The van der Waals surface area contributed by atoms with Gasteiger partial charge in [0, 0.05) is 27.4 Å². The Balaban J connectivity index is 0.000000367. The first-order valence-electron chi connectivity index (χ1n) is 5.64. The summed E-state index contributed by atoms with van der Waals surface area (Å²) in [6.45, 7) is 1.65. The van der Waals surface area contributed by atoms with Gasteiger partial charge in [-0.05, 0) is 31.2 Å². The molecule has 0 amide bonds. The molecule has 0 radical (unpaired) electrons. The first kappa shape index (κ1) is 11.8. The van der Waals surface area contributed by atoms with Crippen molar-refractivity contribution in [3.8, 4) is 24.7 Å². The molecule has 0 spiro atoms. The lowest BCUT2D eigenvalue weighted by molar-refractivity contribution is 1.54. The standard InChI is InChI=1S/C14H9N.C3H4/c1-2-10-7-8-14-12(9-10)11-5-3-4-6-13(11)15-14;1-3-2/h1,3-9,15H;1H,2H3. The van der Waals surface area contributed by atoms with E-state index in [1.165, 1.54) is 10.8 Å². The van der Waals surface area contributed by atoms with E-state index in [1.807, 2.05) is 30.3 Å². The molecule has 1 N–H and O–H groups in total. The molecule has 0 fully saturated rings. The number of para-hydroxylation sites is 1. The minimum Gasteiger partial charge on any atom is -0.355 e. The van der Waals surface area contributed by atoms with Gasteiger partial charge in [-0.3, -0.25) is 0 Å². The van der Waals surface area contributed by atoms with E-state index >= 15 is 0 Å². The van der Waals surface area contributed by atoms with Gasteiger partial charge in [0.15, 0.2) is 0 Å². The topological polar surface area (TPSA) is 15.8 Å². The molecule has 18 heavy (non-hydrogen) atoms. The molecule has 0 aliphatic rings. The third-order valence-corrected chi connectivity index (χ3v) is 2.67. The van der Waals surface area contributed by atoms with Gasteiger partial charge in [0.1, 0.15) is 0 Å². The number of rotatable bonds is 0. The Morgan fingerprint density at radius 2 is 1.61 bits per heavy atom. The molecule has 0 saturated carbocycles. The first-order valence-corrected chi connectivity index (χ1v) is 5.64. The molecule has 0 bridgehead atoms. The molecule has 2 aromatic carbocycles. The molecular formula is C17H13N. The van der Waals surface area contributed by atoms with Crippen LogP contribution in [0.5, 0.6) is 0 Å². The molecule has 0 aliphatic carbocycles. The lowest BCUT2D eigenvalue weighted by Crippen LogP contribution is -1.72. The average molecular weight is 231 g/mol. The summed E-state index contributed by atoms with van der Waals surface area (Å²) in [6.07, 6.45) is 9.99. The van der Waals surface area contributed by atoms with Crippen molar-refractivity contribution in [3.05, 3.63) is 48.0 Å². The Labute approximate surface area is 107 Å². The second-order valence-corrected chi connectivity index (χ2v) is 3.86. The fourth-order valence-electron chi connectivity index (χ4n) is 1.94. The van der Waals surface area contributed by atoms with Crippen LogP contribution in [-0.4, -0.2) is 4.98 Å². The van der Waals surface area contributed by atoms with Crippen LogP contribution < -0.4 is 0 Å². The number of benzene rings is 2. The van der Waals surface area contributed by atoms with Crippen LogP contribution in [0.1, 0.15) is 12.5 Å². The van der Waals surface area contributed by atoms with E-state index in [0.29, 0.717) is 0 Å². The minimum atomic E-state index is 0.923. The number of hydrogen-bond donors (Lipinski definition) is 1. The van der Waals surface area contributed by atoms with Crippen molar-refractivity contribution in [3.63, 3.8) is 0 Å². The highest BCUT2D eigenvalue weighted by molar-refractivity contribution is 6.07. The van der Waals surface area contributed by atoms with Crippen LogP contribution >= 0.6 is 0 Å². The molecule has 0 atom stereocenters. The maximum absolute atomic E-state index is 5.39. The summed E-state index contributed by atoms with van der Waals surface area (Å²) in [5.41, 5.74) is 3.21. The molecule has 1 nitrogen and oxygen atoms in total. The van der Waals surface area contributed by atoms with Crippen molar-refractivity contribution < 1.29 is 0 Å². The number of fused-ring (bicyclic) bond motifs is 3. The summed E-state index contributed by atoms with van der Waals surface area (Å²) in [6, 6.07) is 14.3. The van der Waals surface area contributed by atoms with Crippen molar-refractivity contribution in [2.24, 2.45) is 0 Å². The summed E-state index contributed by atoms with van der Waals surface area (Å²) in [5.74, 6) is 4.91. The zero-order chi connectivity index (χ0) is 13.0. The van der Waals surface area contributed by atoms with Crippen molar-refractivity contribution >= 4 is 21.8 Å². The van der Waals surface area contributed by atoms with Gasteiger partial charge in [0.2, 0.25) is 0 Å². The fraction of sp³-hybridized carbons (Fsp3) is 0.0588. The Bertz CT molecular complexity index is 763. The molecule has 1 aromatic heterocycles. The van der Waals surface area contributed by atoms with Crippen LogP contribution in [0.4, 0.5) is 0 Å². The van der Waals surface area contributed by atoms with Gasteiger partial charge in [-0.2, -0.15) is 0 Å². The quantitative estimate of drug-likeness (QED) is 0.564. The highest BCUT2D eigenvalue weighted by atomic mass is 14.7. The maximum atomic E-state index is 5.39. The molecule has 0 aliphatic heterocycles. The van der Waals surface area contributed by atoms with Gasteiger partial charge in [-0.25, -0.2) is 0 Å². The number of hydrogen-bond acceptors (Lipinski definition) is 0. The maximum Gasteiger partial charge on any atom is 0.0465 e. The predicted octanol–water partition coefficient (Wildman–Crippen LogP) is 3.94. The first-order chi connectivity index (χ1) is 8.80. The third-order valence-electron chi connectivity index (χ3n) is 2.67. The lowest BCUT2D eigenvalue weighted by Gasteiger charge is -1.92. The normalized spacial score (nSPS) is 9.28. The van der Waals surface area contributed by atoms with Gasteiger partial charge < -0.3 is 4.98 Å². The van der Waals surface area contributed by atoms with E-state index in [2.05, 4.69) is 35.4 Å². The van der Waals surface area contributed by atoms with Crippen LogP contribution in [-0.2, 0) is 0 Å². The third kappa shape index (κ3) is 2.08. The Morgan fingerprint density at radius 1 is 0.944 bits per heavy atom. The van der Waals surface area contributed by atoms with Gasteiger partial charge in [0.25, 0.3) is 0 Å². The van der Waals surface area contributed by atoms with Crippen LogP contribution in [0.25, 0.3) is 21.8 Å². The smallest absolute Gasteiger partial charge is 0.0465 e. The molecule has 3 aromatic rings. The molecule has 0 saturated heterocycles. The Hall–Kier alpha value is -2.64. The SMILES string of the molecule is C#CC.C#Cc1ccc2[nH]c3ccccc3c2c1. The summed E-state index contributed by atoms with van der Waals surface area (Å²) >= 11 is 0. The summed E-state index contributed by atoms with van der Waals surface area (Å²) in [5, 5.41) is 2.42. The van der Waals surface area contributed by atoms with E-state index in [4.69, 9.17) is 6.42 Å². The fourth-order valence-corrected chi connectivity index (χ4v) is 1.94. The summed E-state index contributed by atoms with van der Waals surface area (Å²) in [4.78, 5) is 3.36. The van der Waals surface area contributed by atoms with Gasteiger partial charge in [-0.1, -0.05) is 24.1 Å². The average Bonchev–Trinajstić information content (AvgIpc) is 2.77. The van der Waals surface area contributed by atoms with E-state index in [9.17, 15) is 0 Å². The second kappa shape index (κ2) is 5.13. The molecule has 1 heteroatoms. The number of aromatic amines is 1. The van der Waals surface area contributed by atoms with E-state index in [-0.39, 0.29) is 0 Å². The van der Waals surface area contributed by atoms with E-state index in [0.717, 1.165) is 16.6 Å². The molecule has 86 valence electrons. The van der Waals surface area contributed by atoms with Crippen LogP contribution in [0.15, 0.2) is 42.5 Å². The largest absolute Gasteiger partial charge is 0.355 e. The summed E-state index contributed by atoms with van der Waals surface area (Å²) < 4.78 is 0. The highest BCUT2D eigenvalue weighted by Crippen LogP contribution is 2.25. The number of terminal acetylenes is 2. The Morgan fingerprint density at radius 3 is 2.33 bits per heavy atom. The molecule has 1 heterocycles. The Kier molecular flexibility index (Phi) is 3.37. The van der Waals surface area contributed by atoms with Crippen molar-refractivity contribution in [2.45, 2.75) is 6.92 Å². The van der Waals surface area contributed by atoms with Gasteiger partial charge in [0.05, 0.1) is 0 Å². The monoisotopic (exact) mass is 231 g/mol. The number of nitrogens with one attached hydrogen (secondary N) is 1. The van der Waals surface area contributed by atoms with Crippen LogP contribution in [0.3, 0.4) is 0 Å². The number of H-pyrrole nitrogens is 1. The lowest BCUT2D eigenvalue weighted by atomic mass is 10.1. The minimum absolute atomic E-state index is 0.923. The van der Waals surface area contributed by atoms with Crippen LogP contribution in [0.2, 0.25) is 0 Å². The predicted molar refractivity (Wildman–Crippen MR) is 78.2 cm³/mol. The van der Waals surface area contributed by atoms with Crippen LogP contribution in [0, 0.1) is 24.7 Å². The van der Waals surface area contributed by atoms with Crippen molar-refractivity contribution in [1.82, 2.24) is 4.98 Å².